The Bertz CT molecular complexity index is 610. The van der Waals surface area contributed by atoms with E-state index in [9.17, 15) is 9.18 Å². The van der Waals surface area contributed by atoms with Crippen molar-refractivity contribution in [2.24, 2.45) is 0 Å². The maximum atomic E-state index is 13.0. The largest absolute Gasteiger partial charge is 0.326 e. The van der Waals surface area contributed by atoms with Crippen LogP contribution in [0, 0.1) is 12.7 Å². The topological polar surface area (TPSA) is 29.1 Å². The number of anilines is 1. The maximum Gasteiger partial charge on any atom is 0.224 e. The first kappa shape index (κ1) is 14.5. The zero-order chi connectivity index (χ0) is 14.5. The minimum Gasteiger partial charge on any atom is -0.326 e. The third-order valence-corrected chi connectivity index (χ3v) is 3.25. The van der Waals surface area contributed by atoms with Gasteiger partial charge in [-0.25, -0.2) is 4.39 Å². The molecule has 2 aromatic carbocycles. The van der Waals surface area contributed by atoms with Gasteiger partial charge in [0.15, 0.2) is 0 Å². The number of amides is 1. The second kappa shape index (κ2) is 6.53. The molecule has 4 heteroatoms. The van der Waals surface area contributed by atoms with Crippen LogP contribution in [0.3, 0.4) is 0 Å². The van der Waals surface area contributed by atoms with E-state index in [-0.39, 0.29) is 10.9 Å². The molecule has 0 bridgehead atoms. The summed E-state index contributed by atoms with van der Waals surface area (Å²) < 4.78 is 13.0. The van der Waals surface area contributed by atoms with E-state index < -0.39 is 5.82 Å². The van der Waals surface area contributed by atoms with Gasteiger partial charge in [-0.1, -0.05) is 41.4 Å². The molecule has 0 aromatic heterocycles. The van der Waals surface area contributed by atoms with Crippen molar-refractivity contribution in [3.63, 3.8) is 0 Å². The predicted molar refractivity (Wildman–Crippen MR) is 79.5 cm³/mol. The summed E-state index contributed by atoms with van der Waals surface area (Å²) >= 11 is 5.66. The van der Waals surface area contributed by atoms with Crippen LogP contribution in [0.5, 0.6) is 0 Å². The van der Waals surface area contributed by atoms with E-state index in [2.05, 4.69) is 5.32 Å². The van der Waals surface area contributed by atoms with Crippen LogP contribution in [0.4, 0.5) is 10.1 Å². The van der Waals surface area contributed by atoms with Gasteiger partial charge in [-0.3, -0.25) is 4.79 Å². The molecule has 2 aromatic rings. The van der Waals surface area contributed by atoms with Crippen LogP contribution in [0.15, 0.2) is 42.5 Å². The number of carbonyl (C=O) groups excluding carboxylic acids is 1. The van der Waals surface area contributed by atoms with E-state index in [1.807, 2.05) is 31.2 Å². The molecule has 0 spiro atoms. The summed E-state index contributed by atoms with van der Waals surface area (Å²) in [6, 6.07) is 12.2. The molecule has 0 aliphatic carbocycles. The summed E-state index contributed by atoms with van der Waals surface area (Å²) in [5, 5.41) is 2.70. The highest BCUT2D eigenvalue weighted by Gasteiger charge is 2.05. The summed E-state index contributed by atoms with van der Waals surface area (Å²) in [6.45, 7) is 2.02. The van der Waals surface area contributed by atoms with Crippen LogP contribution in [0.1, 0.15) is 17.5 Å². The van der Waals surface area contributed by atoms with Crippen LogP contribution in [0.2, 0.25) is 5.02 Å². The van der Waals surface area contributed by atoms with E-state index in [1.165, 1.54) is 23.8 Å². The maximum absolute atomic E-state index is 13.0. The number of halogens is 2. The summed E-state index contributed by atoms with van der Waals surface area (Å²) in [6.07, 6.45) is 1.04. The average Bonchev–Trinajstić information content (AvgIpc) is 2.42. The van der Waals surface area contributed by atoms with Crippen LogP contribution in [-0.2, 0) is 11.2 Å². The third-order valence-electron chi connectivity index (χ3n) is 2.96. The number of benzene rings is 2. The van der Waals surface area contributed by atoms with Gasteiger partial charge >= 0.3 is 0 Å². The van der Waals surface area contributed by atoms with Crippen molar-refractivity contribution >= 4 is 23.2 Å². The van der Waals surface area contributed by atoms with Gasteiger partial charge < -0.3 is 5.32 Å². The Morgan fingerprint density at radius 3 is 2.55 bits per heavy atom. The molecular formula is C16H15ClFNO. The second-order valence-corrected chi connectivity index (χ2v) is 5.07. The highest BCUT2D eigenvalue weighted by atomic mass is 35.5. The number of hydrogen-bond donors (Lipinski definition) is 1. The summed E-state index contributed by atoms with van der Waals surface area (Å²) in [5.74, 6) is -0.613. The van der Waals surface area contributed by atoms with Crippen LogP contribution in [-0.4, -0.2) is 5.91 Å². The lowest BCUT2D eigenvalue weighted by Gasteiger charge is -2.06. The minimum atomic E-state index is -0.496. The molecule has 0 atom stereocenters. The Balaban J connectivity index is 1.89. The molecule has 0 aliphatic rings. The summed E-state index contributed by atoms with van der Waals surface area (Å²) in [4.78, 5) is 11.8. The molecule has 104 valence electrons. The van der Waals surface area contributed by atoms with Crippen molar-refractivity contribution in [1.82, 2.24) is 0 Å². The number of rotatable bonds is 4. The lowest BCUT2D eigenvalue weighted by Crippen LogP contribution is -2.12. The van der Waals surface area contributed by atoms with Crippen molar-refractivity contribution < 1.29 is 9.18 Å². The second-order valence-electron chi connectivity index (χ2n) is 4.66. The predicted octanol–water partition coefficient (Wildman–Crippen LogP) is 4.36. The fraction of sp³-hybridized carbons (Fsp3) is 0.188. The third kappa shape index (κ3) is 4.07. The Hall–Kier alpha value is -1.87. The van der Waals surface area contributed by atoms with Crippen LogP contribution in [0.25, 0.3) is 0 Å². The highest BCUT2D eigenvalue weighted by molar-refractivity contribution is 6.31. The molecule has 0 saturated heterocycles. The van der Waals surface area contributed by atoms with E-state index in [0.717, 1.165) is 5.56 Å². The van der Waals surface area contributed by atoms with Crippen molar-refractivity contribution in [3.05, 3.63) is 64.4 Å². The van der Waals surface area contributed by atoms with Crippen molar-refractivity contribution in [3.8, 4) is 0 Å². The average molecular weight is 292 g/mol. The summed E-state index contributed by atoms with van der Waals surface area (Å²) in [5.41, 5.74) is 2.81. The van der Waals surface area contributed by atoms with Gasteiger partial charge in [0.1, 0.15) is 5.82 Å². The molecule has 20 heavy (non-hydrogen) atoms. The van der Waals surface area contributed by atoms with E-state index >= 15 is 0 Å². The number of aryl methyl sites for hydroxylation is 2. The molecule has 0 unspecified atom stereocenters. The molecule has 1 N–H and O–H groups in total. The van der Waals surface area contributed by atoms with Gasteiger partial charge in [-0.15, -0.1) is 0 Å². The molecule has 2 nitrogen and oxygen atoms in total. The zero-order valence-corrected chi connectivity index (χ0v) is 11.9. The molecule has 0 aliphatic heterocycles. The molecule has 2 rings (SSSR count). The van der Waals surface area contributed by atoms with Crippen LogP contribution < -0.4 is 5.32 Å². The molecule has 0 radical (unpaired) electrons. The van der Waals surface area contributed by atoms with Gasteiger partial charge in [-0.05, 0) is 37.1 Å². The van der Waals surface area contributed by atoms with Gasteiger partial charge in [0.05, 0.1) is 5.02 Å². The van der Waals surface area contributed by atoms with Gasteiger partial charge in [0.25, 0.3) is 0 Å². The lowest BCUT2D eigenvalue weighted by atomic mass is 10.1. The SMILES string of the molecule is Cc1ccc(CCC(=O)Nc2ccc(F)c(Cl)c2)cc1. The molecule has 0 heterocycles. The first-order valence-corrected chi connectivity index (χ1v) is 6.73. The zero-order valence-electron chi connectivity index (χ0n) is 11.1. The quantitative estimate of drug-likeness (QED) is 0.891. The molecule has 1 amide bonds. The molecule has 0 saturated carbocycles. The smallest absolute Gasteiger partial charge is 0.224 e. The Morgan fingerprint density at radius 2 is 1.90 bits per heavy atom. The number of hydrogen-bond acceptors (Lipinski definition) is 1. The number of nitrogens with one attached hydrogen (secondary N) is 1. The molecule has 0 fully saturated rings. The van der Waals surface area contributed by atoms with E-state index in [0.29, 0.717) is 18.5 Å². The fourth-order valence-electron chi connectivity index (χ4n) is 1.81. The number of carbonyl (C=O) groups is 1. The standard InChI is InChI=1S/C16H15ClFNO/c1-11-2-4-12(5-3-11)6-9-16(20)19-13-7-8-15(18)14(17)10-13/h2-5,7-8,10H,6,9H2,1H3,(H,19,20). The van der Waals surface area contributed by atoms with Gasteiger partial charge in [-0.2, -0.15) is 0 Å². The lowest BCUT2D eigenvalue weighted by molar-refractivity contribution is -0.116. The first-order chi connectivity index (χ1) is 9.54. The Morgan fingerprint density at radius 1 is 1.20 bits per heavy atom. The van der Waals surface area contributed by atoms with Crippen LogP contribution >= 0.6 is 11.6 Å². The van der Waals surface area contributed by atoms with Gasteiger partial charge in [0, 0.05) is 12.1 Å². The fourth-order valence-corrected chi connectivity index (χ4v) is 1.99. The summed E-state index contributed by atoms with van der Waals surface area (Å²) in [7, 11) is 0. The monoisotopic (exact) mass is 291 g/mol. The minimum absolute atomic E-state index is 0.00124. The van der Waals surface area contributed by atoms with Crippen molar-refractivity contribution in [2.45, 2.75) is 19.8 Å². The van der Waals surface area contributed by atoms with Gasteiger partial charge in [0.2, 0.25) is 5.91 Å². The van der Waals surface area contributed by atoms with Crippen molar-refractivity contribution in [1.29, 1.82) is 0 Å². The Kier molecular flexibility index (Phi) is 4.74. The first-order valence-electron chi connectivity index (χ1n) is 6.35. The normalized spacial score (nSPS) is 10.3. The van der Waals surface area contributed by atoms with Crippen molar-refractivity contribution in [2.75, 3.05) is 5.32 Å². The highest BCUT2D eigenvalue weighted by Crippen LogP contribution is 2.19. The van der Waals surface area contributed by atoms with E-state index in [4.69, 9.17) is 11.6 Å². The van der Waals surface area contributed by atoms with E-state index in [1.54, 1.807) is 0 Å². The molecular weight excluding hydrogens is 277 g/mol. The Labute approximate surface area is 122 Å².